The summed E-state index contributed by atoms with van der Waals surface area (Å²) in [7, 11) is 2.61. The van der Waals surface area contributed by atoms with Gasteiger partial charge in [-0.25, -0.2) is 29.9 Å². The summed E-state index contributed by atoms with van der Waals surface area (Å²) in [6, 6.07) is 20.7. The first-order chi connectivity index (χ1) is 39.3. The Labute approximate surface area is 483 Å². The molecular weight excluding hydrogens is 1110 g/mol. The fourth-order valence-electron chi connectivity index (χ4n) is 8.32. The maximum Gasteiger partial charge on any atom is 0.495 e. The highest BCUT2D eigenvalue weighted by atomic mass is 35.5. The van der Waals surface area contributed by atoms with Crippen LogP contribution in [0.3, 0.4) is 0 Å². The topological polar surface area (TPSA) is 282 Å². The Morgan fingerprint density at radius 2 is 1.12 bits per heavy atom. The van der Waals surface area contributed by atoms with E-state index in [1.165, 1.54) is 78.6 Å². The molecule has 22 nitrogen and oxygen atoms in total. The number of hydrogen-bond acceptors (Lipinski definition) is 18. The van der Waals surface area contributed by atoms with Gasteiger partial charge in [-0.2, -0.15) is 20.5 Å². The molecule has 2 aromatic carbocycles. The molecule has 9 heterocycles. The van der Waals surface area contributed by atoms with Gasteiger partial charge < -0.3 is 38.2 Å². The number of ether oxygens (including phenoxy) is 4. The quantitative estimate of drug-likeness (QED) is 0.0850. The molecule has 10 aromatic rings. The normalized spacial score (nSPS) is 13.1. The zero-order chi connectivity index (χ0) is 58.5. The van der Waals surface area contributed by atoms with Crippen LogP contribution < -0.4 is 35.5 Å². The van der Waals surface area contributed by atoms with Gasteiger partial charge in [0.2, 0.25) is 28.5 Å². The van der Waals surface area contributed by atoms with Gasteiger partial charge in [0, 0.05) is 63.6 Å². The van der Waals surface area contributed by atoms with Crippen molar-refractivity contribution in [3.8, 4) is 58.3 Å². The Bertz CT molecular complexity index is 4240. The molecule has 0 unspecified atom stereocenters. The second-order valence-corrected chi connectivity index (χ2v) is 20.4. The summed E-state index contributed by atoms with van der Waals surface area (Å²) in [5.41, 5.74) is 4.46. The molecule has 0 spiro atoms. The van der Waals surface area contributed by atoms with Crippen LogP contribution in [0.25, 0.3) is 33.5 Å². The van der Waals surface area contributed by atoms with Gasteiger partial charge in [0.25, 0.3) is 11.1 Å². The molecule has 0 aliphatic carbocycles. The number of aryl methyl sites for hydroxylation is 2. The van der Waals surface area contributed by atoms with Crippen molar-refractivity contribution < 1.29 is 28.3 Å². The van der Waals surface area contributed by atoms with Gasteiger partial charge in [-0.1, -0.05) is 23.2 Å². The number of halogens is 3. The van der Waals surface area contributed by atoms with E-state index >= 15 is 0 Å². The number of nitriles is 2. The van der Waals surface area contributed by atoms with Crippen molar-refractivity contribution in [3.05, 3.63) is 180 Å². The monoisotopic (exact) mass is 1160 g/mol. The minimum absolute atomic E-state index is 0.0162. The highest BCUT2D eigenvalue weighted by Gasteiger charge is 2.52. The van der Waals surface area contributed by atoms with E-state index in [9.17, 15) is 14.9 Å². The molecule has 26 heteroatoms. The SMILES string of the molecule is CC1(C)OB(c2ccnc3[nH]ccc23)OC1(C)C.COc1nc(-c2ccnc3[nH]ccc23)ncc1Cn1cnc(C)c(Oc2cc(Cl)cc(C#N)c2)c1=O.COc1nc(Cl)ncc1Cn1cnc(C)c(Oc2cc(Cl)cc(C#N)c2)c1=O. The van der Waals surface area contributed by atoms with Crippen LogP contribution in [0.1, 0.15) is 61.3 Å². The third kappa shape index (κ3) is 12.5. The van der Waals surface area contributed by atoms with Crippen LogP contribution >= 0.6 is 34.8 Å². The molecule has 1 fully saturated rings. The Hall–Kier alpha value is -9.23. The van der Waals surface area contributed by atoms with Gasteiger partial charge in [-0.15, -0.1) is 0 Å². The van der Waals surface area contributed by atoms with Crippen molar-refractivity contribution in [2.24, 2.45) is 0 Å². The number of methoxy groups -OCH3 is 2. The average Bonchev–Trinajstić information content (AvgIpc) is 4.37. The number of aromatic nitrogens is 12. The van der Waals surface area contributed by atoms with E-state index in [2.05, 4.69) is 77.5 Å². The summed E-state index contributed by atoms with van der Waals surface area (Å²) in [5, 5.41) is 20.9. The van der Waals surface area contributed by atoms with Crippen LogP contribution in [-0.2, 0) is 22.4 Å². The van der Waals surface area contributed by atoms with E-state index in [0.29, 0.717) is 55.4 Å². The Kier molecular flexibility index (Phi) is 17.0. The van der Waals surface area contributed by atoms with E-state index in [1.54, 1.807) is 38.6 Å². The highest BCUT2D eigenvalue weighted by Crippen LogP contribution is 2.37. The van der Waals surface area contributed by atoms with Crippen LogP contribution in [0.2, 0.25) is 15.3 Å². The fourth-order valence-corrected chi connectivity index (χ4v) is 8.89. The lowest BCUT2D eigenvalue weighted by atomic mass is 9.78. The van der Waals surface area contributed by atoms with Crippen molar-refractivity contribution in [2.75, 3.05) is 14.2 Å². The number of nitrogens with one attached hydrogen (secondary N) is 2. The number of pyridine rings is 2. The standard InChI is InChI=1S/C25H18ClN7O3.C18H13Cl2N5O3.C13H17BN2O2/c1-14-21(36-18-8-15(10-27)7-17(26)9-18)25(34)33(13-31-14)12-16-11-30-23(32-24(16)35-2)20-4-6-29-22-19(20)3-5-28-22;1-10-15(28-14-4-11(6-21)3-13(19)5-14)17(26)25(9-23-10)8-12-7-22-18(20)24-16(12)27-2;1-12(2)13(3,4)18-14(17-12)10-6-8-16-11-9(10)5-7-15-11/h3-9,11,13H,12H2,1-2H3,(H,28,29);3-5,7,9H,8H2,1-2H3;5-8H,1-4H3,(H,15,16). The average molecular weight is 1160 g/mol. The minimum Gasteiger partial charge on any atom is -0.481 e. The van der Waals surface area contributed by atoms with Crippen molar-refractivity contribution in [3.63, 3.8) is 0 Å². The highest BCUT2D eigenvalue weighted by molar-refractivity contribution is 6.65. The van der Waals surface area contributed by atoms with Crippen LogP contribution in [0.4, 0.5) is 0 Å². The third-order valence-electron chi connectivity index (χ3n) is 13.2. The van der Waals surface area contributed by atoms with Crippen LogP contribution in [0.5, 0.6) is 34.8 Å². The number of fused-ring (bicyclic) bond motifs is 2. The molecule has 0 amide bonds. The molecule has 0 bridgehead atoms. The summed E-state index contributed by atoms with van der Waals surface area (Å²) in [5.74, 6) is 1.60. The van der Waals surface area contributed by atoms with Crippen molar-refractivity contribution in [2.45, 2.75) is 65.8 Å². The summed E-state index contributed by atoms with van der Waals surface area (Å²) in [4.78, 5) is 66.3. The van der Waals surface area contributed by atoms with Gasteiger partial charge >= 0.3 is 7.12 Å². The molecule has 1 saturated heterocycles. The van der Waals surface area contributed by atoms with Gasteiger partial charge in [0.1, 0.15) is 22.8 Å². The fraction of sp³-hybridized carbons (Fsp3) is 0.214. The van der Waals surface area contributed by atoms with Gasteiger partial charge in [0.15, 0.2) is 5.82 Å². The van der Waals surface area contributed by atoms with Crippen LogP contribution in [0, 0.1) is 36.5 Å². The molecule has 2 N–H and O–H groups in total. The maximum atomic E-state index is 13.3. The summed E-state index contributed by atoms with van der Waals surface area (Å²) in [6.45, 7) is 11.7. The molecule has 8 aromatic heterocycles. The summed E-state index contributed by atoms with van der Waals surface area (Å²) >= 11 is 17.8. The predicted octanol–water partition coefficient (Wildman–Crippen LogP) is 9.49. The van der Waals surface area contributed by atoms with E-state index in [1.807, 2.05) is 42.6 Å². The molecule has 1 aliphatic rings. The van der Waals surface area contributed by atoms with Crippen molar-refractivity contribution in [1.82, 2.24) is 59.0 Å². The third-order valence-corrected chi connectivity index (χ3v) is 13.8. The minimum atomic E-state index is -0.428. The molecule has 82 heavy (non-hydrogen) atoms. The van der Waals surface area contributed by atoms with E-state index in [0.717, 1.165) is 33.1 Å². The molecule has 11 rings (SSSR count). The molecule has 1 aliphatic heterocycles. The van der Waals surface area contributed by atoms with Gasteiger partial charge in [-0.3, -0.25) is 18.7 Å². The van der Waals surface area contributed by atoms with E-state index in [4.69, 9.17) is 68.3 Å². The number of hydrogen-bond donors (Lipinski definition) is 2. The van der Waals surface area contributed by atoms with Crippen molar-refractivity contribution in [1.29, 1.82) is 10.5 Å². The predicted molar refractivity (Wildman–Crippen MR) is 306 cm³/mol. The van der Waals surface area contributed by atoms with Gasteiger partial charge in [0.05, 0.1) is 96.9 Å². The van der Waals surface area contributed by atoms with Crippen molar-refractivity contribution >= 4 is 69.5 Å². The Morgan fingerprint density at radius 3 is 1.65 bits per heavy atom. The number of aromatic amines is 2. The second kappa shape index (κ2) is 24.2. The van der Waals surface area contributed by atoms with E-state index in [-0.39, 0.29) is 65.6 Å². The lowest BCUT2D eigenvalue weighted by Gasteiger charge is -2.32. The largest absolute Gasteiger partial charge is 0.495 e. The van der Waals surface area contributed by atoms with Gasteiger partial charge in [-0.05, 0) is 119 Å². The van der Waals surface area contributed by atoms with E-state index < -0.39 is 11.1 Å². The lowest BCUT2D eigenvalue weighted by Crippen LogP contribution is -2.41. The number of nitrogens with zero attached hydrogens (tertiary/aromatic N) is 12. The molecule has 414 valence electrons. The summed E-state index contributed by atoms with van der Waals surface area (Å²) < 4.78 is 37.0. The smallest absolute Gasteiger partial charge is 0.481 e. The zero-order valence-corrected chi connectivity index (χ0v) is 47.4. The first kappa shape index (κ1) is 57.5. The first-order valence-electron chi connectivity index (χ1n) is 24.8. The molecular formula is C56H48BCl3N14O8. The number of rotatable bonds is 12. The van der Waals surface area contributed by atoms with Crippen LogP contribution in [0.15, 0.2) is 120 Å². The second-order valence-electron chi connectivity index (χ2n) is 19.2. The molecule has 0 saturated carbocycles. The molecule has 0 atom stereocenters. The van der Waals surface area contributed by atoms with Crippen LogP contribution in [-0.4, -0.2) is 91.5 Å². The number of benzene rings is 2. The Morgan fingerprint density at radius 1 is 0.634 bits per heavy atom. The lowest BCUT2D eigenvalue weighted by molar-refractivity contribution is 0.00578. The molecule has 0 radical (unpaired) electrons. The zero-order valence-electron chi connectivity index (χ0n) is 45.2. The first-order valence-corrected chi connectivity index (χ1v) is 26.0. The summed E-state index contributed by atoms with van der Waals surface area (Å²) in [6.07, 6.45) is 13.0. The Balaban J connectivity index is 0.000000156. The maximum absolute atomic E-state index is 13.3. The number of H-pyrrole nitrogens is 2.